The van der Waals surface area contributed by atoms with Crippen molar-refractivity contribution in [2.75, 3.05) is 11.9 Å². The van der Waals surface area contributed by atoms with Crippen LogP contribution in [0.2, 0.25) is 0 Å². The van der Waals surface area contributed by atoms with Crippen LogP contribution in [0.3, 0.4) is 0 Å². The number of carbonyl (C=O) groups excluding carboxylic acids is 1. The molecule has 0 saturated heterocycles. The van der Waals surface area contributed by atoms with Gasteiger partial charge in [0.15, 0.2) is 6.61 Å². The van der Waals surface area contributed by atoms with Gasteiger partial charge in [0.1, 0.15) is 5.75 Å². The maximum absolute atomic E-state index is 11.4. The summed E-state index contributed by atoms with van der Waals surface area (Å²) in [4.78, 5) is 28.7. The number of hydrogen-bond acceptors (Lipinski definition) is 6. The Morgan fingerprint density at radius 2 is 2.12 bits per heavy atom. The van der Waals surface area contributed by atoms with Gasteiger partial charge in [-0.15, -0.1) is 11.3 Å². The normalized spacial score (nSPS) is 12.5. The van der Waals surface area contributed by atoms with E-state index >= 15 is 0 Å². The van der Waals surface area contributed by atoms with Crippen LogP contribution >= 0.6 is 11.3 Å². The number of nitrogens with zero attached hydrogens (tertiary/aromatic N) is 2. The Kier molecular flexibility index (Phi) is 4.39. The van der Waals surface area contributed by atoms with E-state index < -0.39 is 0 Å². The molecule has 0 aliphatic carbocycles. The van der Waals surface area contributed by atoms with E-state index in [1.807, 2.05) is 30.5 Å². The summed E-state index contributed by atoms with van der Waals surface area (Å²) in [7, 11) is 0. The summed E-state index contributed by atoms with van der Waals surface area (Å²) in [6.45, 7) is 1.82. The second-order valence-electron chi connectivity index (χ2n) is 5.01. The number of carbonyl (C=O) groups is 2. The molecule has 1 aromatic carbocycles. The third-order valence-corrected chi connectivity index (χ3v) is 4.03. The van der Waals surface area contributed by atoms with E-state index in [9.17, 15) is 4.79 Å². The molecule has 0 atom stereocenters. The number of anilines is 1. The first-order chi connectivity index (χ1) is 11.6. The van der Waals surface area contributed by atoms with Gasteiger partial charge in [-0.3, -0.25) is 9.59 Å². The number of aromatic nitrogens is 2. The molecule has 3 aromatic rings. The van der Waals surface area contributed by atoms with Gasteiger partial charge in [-0.05, 0) is 24.6 Å². The monoisotopic (exact) mass is 343 g/mol. The van der Waals surface area contributed by atoms with Gasteiger partial charge in [0.25, 0.3) is 12.4 Å². The Morgan fingerprint density at radius 3 is 2.83 bits per heavy atom. The number of amides is 1. The summed E-state index contributed by atoms with van der Waals surface area (Å²) in [5, 5.41) is 12.7. The van der Waals surface area contributed by atoms with Gasteiger partial charge in [-0.1, -0.05) is 0 Å². The minimum atomic E-state index is -0.250. The third kappa shape index (κ3) is 3.04. The highest BCUT2D eigenvalue weighted by atomic mass is 32.1. The average Bonchev–Trinajstić information content (AvgIpc) is 3.09. The molecule has 8 heteroatoms. The number of hydrogen-bond donors (Lipinski definition) is 2. The standard InChI is InChI=1S/C15H11N3O2S.CH2O2/c1-8-2-11(13-6-21-7-16-13)17-10-4-14-12(3-9(8)10)18-15(19)5-20-14;2-1-3/h2-4,6-7H,5H2,1H3,(H,18,19);1H,(H,2,3). The van der Waals surface area contributed by atoms with Crippen LogP contribution in [0.25, 0.3) is 22.3 Å². The Hall–Kier alpha value is -3.00. The van der Waals surface area contributed by atoms with Gasteiger partial charge in [0, 0.05) is 16.8 Å². The highest BCUT2D eigenvalue weighted by molar-refractivity contribution is 7.07. The van der Waals surface area contributed by atoms with Crippen LogP contribution in [0.1, 0.15) is 5.56 Å². The number of nitrogens with one attached hydrogen (secondary N) is 1. The van der Waals surface area contributed by atoms with E-state index in [1.54, 1.807) is 16.8 Å². The lowest BCUT2D eigenvalue weighted by Gasteiger charge is -2.19. The average molecular weight is 343 g/mol. The molecule has 122 valence electrons. The number of fused-ring (bicyclic) bond motifs is 2. The number of benzene rings is 1. The van der Waals surface area contributed by atoms with Gasteiger partial charge >= 0.3 is 0 Å². The first-order valence-electron chi connectivity index (χ1n) is 6.97. The lowest BCUT2D eigenvalue weighted by atomic mass is 10.1. The van der Waals surface area contributed by atoms with E-state index in [0.29, 0.717) is 11.4 Å². The number of rotatable bonds is 1. The lowest BCUT2D eigenvalue weighted by molar-refractivity contribution is -0.123. The zero-order chi connectivity index (χ0) is 17.1. The van der Waals surface area contributed by atoms with Crippen molar-refractivity contribution in [2.45, 2.75) is 6.92 Å². The Morgan fingerprint density at radius 1 is 1.33 bits per heavy atom. The lowest BCUT2D eigenvalue weighted by Crippen LogP contribution is -2.25. The molecule has 0 bridgehead atoms. The number of aryl methyl sites for hydroxylation is 1. The number of ether oxygens (including phenoxy) is 1. The zero-order valence-corrected chi connectivity index (χ0v) is 13.5. The van der Waals surface area contributed by atoms with E-state index in [2.05, 4.69) is 15.3 Å². The van der Waals surface area contributed by atoms with Crippen LogP contribution in [0, 0.1) is 6.92 Å². The fourth-order valence-corrected chi connectivity index (χ4v) is 2.99. The van der Waals surface area contributed by atoms with E-state index in [4.69, 9.17) is 14.6 Å². The number of carboxylic acid groups (broad SMARTS) is 1. The summed E-state index contributed by atoms with van der Waals surface area (Å²) >= 11 is 1.55. The number of thiazole rings is 1. The molecule has 1 amide bonds. The van der Waals surface area contributed by atoms with Gasteiger partial charge in [0.2, 0.25) is 0 Å². The van der Waals surface area contributed by atoms with Crippen LogP contribution in [-0.2, 0) is 9.59 Å². The van der Waals surface area contributed by atoms with Crippen molar-refractivity contribution in [3.63, 3.8) is 0 Å². The molecule has 0 fully saturated rings. The molecular weight excluding hydrogens is 330 g/mol. The molecule has 0 saturated carbocycles. The topological polar surface area (TPSA) is 101 Å². The highest BCUT2D eigenvalue weighted by Crippen LogP contribution is 2.34. The van der Waals surface area contributed by atoms with Crippen molar-refractivity contribution < 1.29 is 19.4 Å². The van der Waals surface area contributed by atoms with Crippen molar-refractivity contribution in [2.24, 2.45) is 0 Å². The molecule has 4 rings (SSSR count). The highest BCUT2D eigenvalue weighted by Gasteiger charge is 2.18. The quantitative estimate of drug-likeness (QED) is 0.659. The molecule has 0 radical (unpaired) electrons. The maximum Gasteiger partial charge on any atom is 0.290 e. The summed E-state index contributed by atoms with van der Waals surface area (Å²) in [5.74, 6) is 0.524. The van der Waals surface area contributed by atoms with Crippen molar-refractivity contribution in [3.8, 4) is 17.1 Å². The summed E-state index contributed by atoms with van der Waals surface area (Å²) in [6.07, 6.45) is 0. The second-order valence-corrected chi connectivity index (χ2v) is 5.72. The first kappa shape index (κ1) is 15.9. The molecule has 0 spiro atoms. The minimum Gasteiger partial charge on any atom is -0.483 e. The smallest absolute Gasteiger partial charge is 0.290 e. The van der Waals surface area contributed by atoms with Gasteiger partial charge in [0.05, 0.1) is 28.1 Å². The molecule has 0 unspecified atom stereocenters. The third-order valence-electron chi connectivity index (χ3n) is 3.44. The van der Waals surface area contributed by atoms with Crippen molar-refractivity contribution >= 4 is 40.3 Å². The maximum atomic E-state index is 11.4. The van der Waals surface area contributed by atoms with Crippen molar-refractivity contribution in [1.82, 2.24) is 9.97 Å². The largest absolute Gasteiger partial charge is 0.483 e. The fraction of sp³-hybridized carbons (Fsp3) is 0.125. The summed E-state index contributed by atoms with van der Waals surface area (Å²) in [5.41, 5.74) is 6.14. The fourth-order valence-electron chi connectivity index (χ4n) is 2.44. The summed E-state index contributed by atoms with van der Waals surface area (Å²) in [6, 6.07) is 5.79. The van der Waals surface area contributed by atoms with Crippen molar-refractivity contribution in [3.05, 3.63) is 34.7 Å². The molecule has 1 aliphatic rings. The van der Waals surface area contributed by atoms with E-state index in [1.165, 1.54) is 0 Å². The molecule has 2 N–H and O–H groups in total. The Balaban J connectivity index is 0.000000526. The molecular formula is C16H13N3O4S. The first-order valence-corrected chi connectivity index (χ1v) is 7.91. The minimum absolute atomic E-state index is 0.0449. The van der Waals surface area contributed by atoms with Crippen LogP contribution in [0.4, 0.5) is 5.69 Å². The molecule has 3 heterocycles. The summed E-state index contributed by atoms with van der Waals surface area (Å²) < 4.78 is 5.45. The molecule has 2 aromatic heterocycles. The molecule has 24 heavy (non-hydrogen) atoms. The predicted octanol–water partition coefficient (Wildman–Crippen LogP) is 2.70. The molecule has 7 nitrogen and oxygen atoms in total. The van der Waals surface area contributed by atoms with Gasteiger partial charge in [-0.2, -0.15) is 0 Å². The number of pyridine rings is 1. The SMILES string of the molecule is Cc1cc(-c2cscn2)nc2cc3c(cc12)NC(=O)CO3.O=CO. The van der Waals surface area contributed by atoms with Crippen molar-refractivity contribution in [1.29, 1.82) is 0 Å². The van der Waals surface area contributed by atoms with E-state index in [0.717, 1.165) is 27.9 Å². The predicted molar refractivity (Wildman–Crippen MR) is 90.4 cm³/mol. The van der Waals surface area contributed by atoms with Crippen LogP contribution < -0.4 is 10.1 Å². The van der Waals surface area contributed by atoms with E-state index in [-0.39, 0.29) is 19.0 Å². The van der Waals surface area contributed by atoms with Gasteiger partial charge in [-0.25, -0.2) is 9.97 Å². The van der Waals surface area contributed by atoms with Crippen LogP contribution in [-0.4, -0.2) is 34.1 Å². The van der Waals surface area contributed by atoms with Crippen LogP contribution in [0.15, 0.2) is 29.1 Å². The second kappa shape index (κ2) is 6.63. The van der Waals surface area contributed by atoms with Crippen LogP contribution in [0.5, 0.6) is 5.75 Å². The molecule has 1 aliphatic heterocycles. The Labute approximate surface area is 140 Å². The Bertz CT molecular complexity index is 909. The zero-order valence-electron chi connectivity index (χ0n) is 12.6. The van der Waals surface area contributed by atoms with Gasteiger partial charge < -0.3 is 15.2 Å².